The Morgan fingerprint density at radius 2 is 1.21 bits per heavy atom. The van der Waals surface area contributed by atoms with E-state index < -0.39 is 6.10 Å². The average molecular weight is 372 g/mol. The van der Waals surface area contributed by atoms with Gasteiger partial charge in [0.15, 0.2) is 0 Å². The predicted molar refractivity (Wildman–Crippen MR) is 117 cm³/mol. The maximum Gasteiger partial charge on any atom is 0.0740 e. The molecule has 28 heavy (non-hydrogen) atoms. The van der Waals surface area contributed by atoms with Gasteiger partial charge in [0.1, 0.15) is 0 Å². The zero-order chi connectivity index (χ0) is 19.6. The van der Waals surface area contributed by atoms with Gasteiger partial charge in [0, 0.05) is 13.1 Å². The predicted octanol–water partition coefficient (Wildman–Crippen LogP) is 5.76. The van der Waals surface area contributed by atoms with Crippen LogP contribution in [0.5, 0.6) is 0 Å². The van der Waals surface area contributed by atoms with Crippen molar-refractivity contribution in [1.29, 1.82) is 0 Å². The molecule has 2 heteroatoms. The molecule has 0 aliphatic carbocycles. The molecule has 0 bridgehead atoms. The molecule has 2 nitrogen and oxygen atoms in total. The normalized spacial score (nSPS) is 13.2. The van der Waals surface area contributed by atoms with Gasteiger partial charge in [0.2, 0.25) is 0 Å². The van der Waals surface area contributed by atoms with Gasteiger partial charge in [-0.3, -0.25) is 4.90 Å². The molecule has 0 amide bonds. The van der Waals surface area contributed by atoms with Crippen LogP contribution in [0.4, 0.5) is 0 Å². The Balaban J connectivity index is 1.95. The Morgan fingerprint density at radius 3 is 1.68 bits per heavy atom. The number of hydrogen-bond acceptors (Lipinski definition) is 2. The maximum absolute atomic E-state index is 11.1. The Hall–Kier alpha value is -2.68. The second kappa shape index (κ2) is 10.6. The van der Waals surface area contributed by atoms with Crippen molar-refractivity contribution in [2.45, 2.75) is 38.1 Å². The topological polar surface area (TPSA) is 23.5 Å². The maximum atomic E-state index is 11.1. The molecule has 0 radical (unpaired) electrons. The minimum Gasteiger partial charge on any atom is -0.391 e. The molecule has 0 heterocycles. The van der Waals surface area contributed by atoms with E-state index in [2.05, 4.69) is 72.1 Å². The monoisotopic (exact) mass is 371 g/mol. The fourth-order valence-electron chi connectivity index (χ4n) is 3.66. The SMILES string of the molecule is C=CCC[C@H](O)[C@@H](c1ccccc1)N(Cc1ccccc1)Cc1ccccc1. The summed E-state index contributed by atoms with van der Waals surface area (Å²) in [5.74, 6) is 0. The van der Waals surface area contributed by atoms with E-state index in [-0.39, 0.29) is 6.04 Å². The summed E-state index contributed by atoms with van der Waals surface area (Å²) in [6, 6.07) is 31.2. The Kier molecular flexibility index (Phi) is 7.60. The number of nitrogens with zero attached hydrogens (tertiary/aromatic N) is 1. The highest BCUT2D eigenvalue weighted by Gasteiger charge is 2.27. The molecular formula is C26H29NO. The van der Waals surface area contributed by atoms with Crippen molar-refractivity contribution in [2.75, 3.05) is 0 Å². The molecule has 0 spiro atoms. The van der Waals surface area contributed by atoms with Crippen molar-refractivity contribution >= 4 is 0 Å². The van der Waals surface area contributed by atoms with Crippen LogP contribution in [0.2, 0.25) is 0 Å². The molecule has 144 valence electrons. The summed E-state index contributed by atoms with van der Waals surface area (Å²) in [7, 11) is 0. The Bertz CT molecular complexity index is 775. The smallest absolute Gasteiger partial charge is 0.0740 e. The Labute approximate surface area is 168 Å². The molecule has 0 aliphatic rings. The van der Waals surface area contributed by atoms with Crippen LogP contribution in [0.25, 0.3) is 0 Å². The molecular weight excluding hydrogens is 342 g/mol. The molecule has 3 rings (SSSR count). The minimum absolute atomic E-state index is 0.0819. The quantitative estimate of drug-likeness (QED) is 0.458. The number of rotatable bonds is 10. The molecule has 0 aromatic heterocycles. The van der Waals surface area contributed by atoms with Gasteiger partial charge in [-0.15, -0.1) is 6.58 Å². The van der Waals surface area contributed by atoms with Gasteiger partial charge in [0.25, 0.3) is 0 Å². The molecule has 2 atom stereocenters. The van der Waals surface area contributed by atoms with E-state index >= 15 is 0 Å². The highest BCUT2D eigenvalue weighted by atomic mass is 16.3. The van der Waals surface area contributed by atoms with Crippen molar-refractivity contribution in [3.05, 3.63) is 120 Å². The Morgan fingerprint density at radius 1 is 0.750 bits per heavy atom. The summed E-state index contributed by atoms with van der Waals surface area (Å²) in [5.41, 5.74) is 3.64. The minimum atomic E-state index is -0.465. The van der Waals surface area contributed by atoms with Crippen molar-refractivity contribution in [1.82, 2.24) is 4.90 Å². The second-order valence-corrected chi connectivity index (χ2v) is 7.17. The first-order valence-corrected chi connectivity index (χ1v) is 9.93. The fraction of sp³-hybridized carbons (Fsp3) is 0.231. The lowest BCUT2D eigenvalue weighted by Crippen LogP contribution is -2.36. The molecule has 1 N–H and O–H groups in total. The van der Waals surface area contributed by atoms with E-state index in [0.717, 1.165) is 25.1 Å². The number of benzene rings is 3. The van der Waals surface area contributed by atoms with Crippen molar-refractivity contribution in [3.63, 3.8) is 0 Å². The van der Waals surface area contributed by atoms with E-state index in [4.69, 9.17) is 0 Å². The van der Waals surface area contributed by atoms with Crippen LogP contribution < -0.4 is 0 Å². The van der Waals surface area contributed by atoms with Gasteiger partial charge >= 0.3 is 0 Å². The summed E-state index contributed by atoms with van der Waals surface area (Å²) < 4.78 is 0. The van der Waals surface area contributed by atoms with Crippen molar-refractivity contribution in [2.24, 2.45) is 0 Å². The van der Waals surface area contributed by atoms with Gasteiger partial charge in [-0.1, -0.05) is 97.1 Å². The van der Waals surface area contributed by atoms with Gasteiger partial charge in [-0.25, -0.2) is 0 Å². The summed E-state index contributed by atoms with van der Waals surface area (Å²) >= 11 is 0. The van der Waals surface area contributed by atoms with Gasteiger partial charge in [-0.2, -0.15) is 0 Å². The van der Waals surface area contributed by atoms with Crippen molar-refractivity contribution < 1.29 is 5.11 Å². The number of hydrogen-bond donors (Lipinski definition) is 1. The largest absolute Gasteiger partial charge is 0.391 e. The van der Waals surface area contributed by atoms with Crippen LogP contribution in [-0.2, 0) is 13.1 Å². The second-order valence-electron chi connectivity index (χ2n) is 7.17. The molecule has 3 aromatic carbocycles. The summed E-state index contributed by atoms with van der Waals surface area (Å²) in [6.07, 6.45) is 2.91. The third-order valence-electron chi connectivity index (χ3n) is 5.02. The first-order chi connectivity index (χ1) is 13.8. The van der Waals surface area contributed by atoms with E-state index in [0.29, 0.717) is 6.42 Å². The molecule has 0 fully saturated rings. The summed E-state index contributed by atoms with van der Waals surface area (Å²) in [5, 5.41) is 11.1. The van der Waals surface area contributed by atoms with E-state index in [1.54, 1.807) is 0 Å². The summed E-state index contributed by atoms with van der Waals surface area (Å²) in [4.78, 5) is 2.38. The standard InChI is InChI=1S/C26H29NO/c1-2-3-19-25(28)26(24-17-11-6-12-18-24)27(20-22-13-7-4-8-14-22)21-23-15-9-5-10-16-23/h2,4-18,25-26,28H,1,3,19-21H2/t25-,26+/m0/s1. The number of aliphatic hydroxyl groups is 1. The highest BCUT2D eigenvalue weighted by molar-refractivity contribution is 5.23. The van der Waals surface area contributed by atoms with E-state index in [1.165, 1.54) is 11.1 Å². The first kappa shape index (κ1) is 20.1. The number of allylic oxidation sites excluding steroid dienone is 1. The molecule has 0 unspecified atom stereocenters. The zero-order valence-corrected chi connectivity index (χ0v) is 16.3. The zero-order valence-electron chi connectivity index (χ0n) is 16.3. The van der Waals surface area contributed by atoms with Gasteiger partial charge in [-0.05, 0) is 29.5 Å². The lowest BCUT2D eigenvalue weighted by Gasteiger charge is -2.35. The van der Waals surface area contributed by atoms with Crippen LogP contribution in [0.3, 0.4) is 0 Å². The lowest BCUT2D eigenvalue weighted by molar-refractivity contribution is 0.0336. The van der Waals surface area contributed by atoms with Gasteiger partial charge in [0.05, 0.1) is 12.1 Å². The van der Waals surface area contributed by atoms with E-state index in [9.17, 15) is 5.11 Å². The highest BCUT2D eigenvalue weighted by Crippen LogP contribution is 2.30. The molecule has 0 aliphatic heterocycles. The third kappa shape index (κ3) is 5.66. The van der Waals surface area contributed by atoms with Crippen LogP contribution in [0, 0.1) is 0 Å². The fourth-order valence-corrected chi connectivity index (χ4v) is 3.66. The third-order valence-corrected chi connectivity index (χ3v) is 5.02. The van der Waals surface area contributed by atoms with Crippen LogP contribution >= 0.6 is 0 Å². The summed E-state index contributed by atoms with van der Waals surface area (Å²) in [6.45, 7) is 5.38. The van der Waals surface area contributed by atoms with Crippen LogP contribution in [0.15, 0.2) is 104 Å². The van der Waals surface area contributed by atoms with Gasteiger partial charge < -0.3 is 5.11 Å². The van der Waals surface area contributed by atoms with Crippen molar-refractivity contribution in [3.8, 4) is 0 Å². The molecule has 0 saturated heterocycles. The average Bonchev–Trinajstić information content (AvgIpc) is 2.74. The lowest BCUT2D eigenvalue weighted by atomic mass is 9.95. The van der Waals surface area contributed by atoms with E-state index in [1.807, 2.05) is 36.4 Å². The number of aliphatic hydroxyl groups excluding tert-OH is 1. The molecule has 3 aromatic rings. The molecule has 0 saturated carbocycles. The first-order valence-electron chi connectivity index (χ1n) is 9.93. The van der Waals surface area contributed by atoms with Crippen LogP contribution in [-0.4, -0.2) is 16.1 Å². The van der Waals surface area contributed by atoms with Crippen LogP contribution in [0.1, 0.15) is 35.6 Å².